The molecule has 5 heteroatoms. The van der Waals surface area contributed by atoms with E-state index in [0.29, 0.717) is 12.3 Å². The highest BCUT2D eigenvalue weighted by Gasteiger charge is 2.17. The molecule has 0 saturated carbocycles. The number of fused-ring (bicyclic) bond motifs is 1. The second-order valence-electron chi connectivity index (χ2n) is 6.79. The number of carbonyl (C=O) groups is 1. The molecular weight excluding hydrogens is 302 g/mol. The molecule has 1 aliphatic rings. The summed E-state index contributed by atoms with van der Waals surface area (Å²) in [4.78, 5) is 16.9. The van der Waals surface area contributed by atoms with Crippen molar-refractivity contribution in [1.29, 1.82) is 0 Å². The van der Waals surface area contributed by atoms with Gasteiger partial charge in [-0.15, -0.1) is 0 Å². The van der Waals surface area contributed by atoms with Gasteiger partial charge in [-0.05, 0) is 44.4 Å². The Morgan fingerprint density at radius 2 is 2.29 bits per heavy atom. The van der Waals surface area contributed by atoms with Crippen molar-refractivity contribution in [2.45, 2.75) is 65.0 Å². The van der Waals surface area contributed by atoms with Gasteiger partial charge in [0.2, 0.25) is 5.91 Å². The van der Waals surface area contributed by atoms with E-state index < -0.39 is 0 Å². The number of aryl methyl sites for hydroxylation is 1. The van der Waals surface area contributed by atoms with Crippen LogP contribution >= 0.6 is 0 Å². The molecule has 24 heavy (non-hydrogen) atoms. The standard InChI is InChI=1S/C19H27N3O2/c1-4-22-17-9-7-14(12-16(17)21-19(22)13(2)3)20-18(23)10-8-15-6-5-11-24-15/h7,9,12-13,15H,4-6,8,10-11H2,1-3H3,(H,20,23)/t15-/m1/s1. The van der Waals surface area contributed by atoms with Crippen molar-refractivity contribution in [3.63, 3.8) is 0 Å². The third-order valence-electron chi connectivity index (χ3n) is 4.61. The zero-order valence-corrected chi connectivity index (χ0v) is 14.8. The van der Waals surface area contributed by atoms with Gasteiger partial charge in [-0.1, -0.05) is 13.8 Å². The van der Waals surface area contributed by atoms with Gasteiger partial charge in [0.1, 0.15) is 5.82 Å². The molecule has 0 spiro atoms. The molecule has 0 bridgehead atoms. The van der Waals surface area contributed by atoms with Gasteiger partial charge in [-0.2, -0.15) is 0 Å². The van der Waals surface area contributed by atoms with E-state index >= 15 is 0 Å². The Bertz CT molecular complexity index is 715. The van der Waals surface area contributed by atoms with Crippen molar-refractivity contribution in [2.24, 2.45) is 0 Å². The molecule has 1 saturated heterocycles. The number of amides is 1. The van der Waals surface area contributed by atoms with Crippen LogP contribution in [0.1, 0.15) is 58.2 Å². The third-order valence-corrected chi connectivity index (χ3v) is 4.61. The number of aromatic nitrogens is 2. The first-order valence-corrected chi connectivity index (χ1v) is 9.00. The predicted molar refractivity (Wildman–Crippen MR) is 96.3 cm³/mol. The first kappa shape index (κ1) is 17.0. The Hall–Kier alpha value is -1.88. The molecule has 1 aromatic heterocycles. The number of rotatable bonds is 6. The lowest BCUT2D eigenvalue weighted by molar-refractivity contribution is -0.116. The van der Waals surface area contributed by atoms with E-state index in [0.717, 1.165) is 55.0 Å². The minimum absolute atomic E-state index is 0.0452. The Morgan fingerprint density at radius 1 is 1.46 bits per heavy atom. The van der Waals surface area contributed by atoms with E-state index in [1.165, 1.54) is 0 Å². The van der Waals surface area contributed by atoms with E-state index in [1.54, 1.807) is 0 Å². The van der Waals surface area contributed by atoms with Crippen LogP contribution in [0.3, 0.4) is 0 Å². The fourth-order valence-corrected chi connectivity index (χ4v) is 3.39. The lowest BCUT2D eigenvalue weighted by Crippen LogP contribution is -2.15. The molecule has 2 heterocycles. The largest absolute Gasteiger partial charge is 0.378 e. The molecule has 130 valence electrons. The summed E-state index contributed by atoms with van der Waals surface area (Å²) >= 11 is 0. The molecule has 1 atom stereocenters. The van der Waals surface area contributed by atoms with Gasteiger partial charge in [0.05, 0.1) is 17.1 Å². The second-order valence-corrected chi connectivity index (χ2v) is 6.79. The summed E-state index contributed by atoms with van der Waals surface area (Å²) in [5, 5.41) is 2.99. The molecule has 0 unspecified atom stereocenters. The Morgan fingerprint density at radius 3 is 2.96 bits per heavy atom. The number of anilines is 1. The second kappa shape index (κ2) is 7.34. The molecular formula is C19H27N3O2. The monoisotopic (exact) mass is 329 g/mol. The van der Waals surface area contributed by atoms with Crippen LogP contribution in [-0.4, -0.2) is 28.2 Å². The Labute approximate surface area is 143 Å². The fourth-order valence-electron chi connectivity index (χ4n) is 3.39. The van der Waals surface area contributed by atoms with Crippen LogP contribution in [0.25, 0.3) is 11.0 Å². The van der Waals surface area contributed by atoms with E-state index in [4.69, 9.17) is 9.72 Å². The van der Waals surface area contributed by atoms with Crippen molar-refractivity contribution >= 4 is 22.6 Å². The fraction of sp³-hybridized carbons (Fsp3) is 0.579. The summed E-state index contributed by atoms with van der Waals surface area (Å²) in [6.07, 6.45) is 3.75. The molecule has 1 N–H and O–H groups in total. The van der Waals surface area contributed by atoms with Gasteiger partial charge in [0.25, 0.3) is 0 Å². The van der Waals surface area contributed by atoms with Crippen molar-refractivity contribution in [3.8, 4) is 0 Å². The van der Waals surface area contributed by atoms with Crippen LogP contribution < -0.4 is 5.32 Å². The highest BCUT2D eigenvalue weighted by atomic mass is 16.5. The highest BCUT2D eigenvalue weighted by molar-refractivity contribution is 5.93. The third kappa shape index (κ3) is 3.61. The van der Waals surface area contributed by atoms with Gasteiger partial charge in [-0.3, -0.25) is 4.79 Å². The first-order valence-electron chi connectivity index (χ1n) is 9.00. The molecule has 0 radical (unpaired) electrons. The summed E-state index contributed by atoms with van der Waals surface area (Å²) in [6, 6.07) is 5.98. The molecule has 2 aromatic rings. The number of hydrogen-bond donors (Lipinski definition) is 1. The molecule has 1 amide bonds. The summed E-state index contributed by atoms with van der Waals surface area (Å²) < 4.78 is 7.81. The average Bonchev–Trinajstić information content (AvgIpc) is 3.19. The van der Waals surface area contributed by atoms with E-state index in [1.807, 2.05) is 18.2 Å². The van der Waals surface area contributed by atoms with Crippen LogP contribution in [0.2, 0.25) is 0 Å². The molecule has 1 aliphatic heterocycles. The summed E-state index contributed by atoms with van der Waals surface area (Å²) in [5.41, 5.74) is 2.88. The molecule has 5 nitrogen and oxygen atoms in total. The number of nitrogens with zero attached hydrogens (tertiary/aromatic N) is 2. The van der Waals surface area contributed by atoms with Crippen molar-refractivity contribution in [2.75, 3.05) is 11.9 Å². The first-order chi connectivity index (χ1) is 11.6. The SMILES string of the molecule is CCn1c(C(C)C)nc2cc(NC(=O)CC[C@H]3CCCO3)ccc21. The Kier molecular flexibility index (Phi) is 5.19. The quantitative estimate of drug-likeness (QED) is 0.869. The van der Waals surface area contributed by atoms with Crippen molar-refractivity contribution in [1.82, 2.24) is 9.55 Å². The number of hydrogen-bond acceptors (Lipinski definition) is 3. The lowest BCUT2D eigenvalue weighted by atomic mass is 10.1. The minimum Gasteiger partial charge on any atom is -0.378 e. The van der Waals surface area contributed by atoms with Gasteiger partial charge in [0, 0.05) is 31.2 Å². The number of ether oxygens (including phenoxy) is 1. The summed E-state index contributed by atoms with van der Waals surface area (Å²) in [7, 11) is 0. The maximum atomic E-state index is 12.1. The van der Waals surface area contributed by atoms with Crippen LogP contribution in [0.4, 0.5) is 5.69 Å². The maximum Gasteiger partial charge on any atom is 0.224 e. The lowest BCUT2D eigenvalue weighted by Gasteiger charge is -2.10. The summed E-state index contributed by atoms with van der Waals surface area (Å²) in [5.74, 6) is 1.51. The minimum atomic E-state index is 0.0452. The molecule has 0 aliphatic carbocycles. The van der Waals surface area contributed by atoms with Crippen LogP contribution in [0, 0.1) is 0 Å². The van der Waals surface area contributed by atoms with Crippen LogP contribution in [-0.2, 0) is 16.1 Å². The van der Waals surface area contributed by atoms with Crippen molar-refractivity contribution < 1.29 is 9.53 Å². The highest BCUT2D eigenvalue weighted by Crippen LogP contribution is 2.25. The predicted octanol–water partition coefficient (Wildman–Crippen LogP) is 4.08. The smallest absolute Gasteiger partial charge is 0.224 e. The van der Waals surface area contributed by atoms with Gasteiger partial charge < -0.3 is 14.6 Å². The van der Waals surface area contributed by atoms with E-state index in [9.17, 15) is 4.79 Å². The van der Waals surface area contributed by atoms with Gasteiger partial charge >= 0.3 is 0 Å². The van der Waals surface area contributed by atoms with Gasteiger partial charge in [-0.25, -0.2) is 4.98 Å². The van der Waals surface area contributed by atoms with E-state index in [2.05, 4.69) is 30.7 Å². The number of benzene rings is 1. The number of nitrogens with one attached hydrogen (secondary N) is 1. The van der Waals surface area contributed by atoms with Crippen LogP contribution in [0.5, 0.6) is 0 Å². The molecule has 1 aromatic carbocycles. The normalized spacial score (nSPS) is 17.8. The average molecular weight is 329 g/mol. The van der Waals surface area contributed by atoms with Crippen LogP contribution in [0.15, 0.2) is 18.2 Å². The van der Waals surface area contributed by atoms with Gasteiger partial charge in [0.15, 0.2) is 0 Å². The topological polar surface area (TPSA) is 56.2 Å². The van der Waals surface area contributed by atoms with Crippen molar-refractivity contribution in [3.05, 3.63) is 24.0 Å². The summed E-state index contributed by atoms with van der Waals surface area (Å²) in [6.45, 7) is 8.18. The number of carbonyl (C=O) groups excluding carboxylic acids is 1. The number of imidazole rings is 1. The molecule has 3 rings (SSSR count). The maximum absolute atomic E-state index is 12.1. The van der Waals surface area contributed by atoms with E-state index in [-0.39, 0.29) is 12.0 Å². The zero-order chi connectivity index (χ0) is 17.1. The zero-order valence-electron chi connectivity index (χ0n) is 14.8. The Balaban J connectivity index is 1.69. The molecule has 1 fully saturated rings.